The summed E-state index contributed by atoms with van der Waals surface area (Å²) in [6.07, 6.45) is 1.21. The van der Waals surface area contributed by atoms with E-state index in [0.717, 1.165) is 23.7 Å². The molecule has 0 aromatic carbocycles. The summed E-state index contributed by atoms with van der Waals surface area (Å²) in [5.74, 6) is -1.82. The van der Waals surface area contributed by atoms with E-state index in [1.165, 1.54) is 0 Å². The van der Waals surface area contributed by atoms with Gasteiger partial charge >= 0.3 is 5.97 Å². The summed E-state index contributed by atoms with van der Waals surface area (Å²) < 4.78 is 26.4. The van der Waals surface area contributed by atoms with Crippen molar-refractivity contribution in [3.8, 4) is 0 Å². The molecule has 2 N–H and O–H groups in total. The summed E-state index contributed by atoms with van der Waals surface area (Å²) in [6, 6.07) is 3.34. The summed E-state index contributed by atoms with van der Waals surface area (Å²) in [5, 5.41) is 21.0. The van der Waals surface area contributed by atoms with Crippen molar-refractivity contribution in [3.63, 3.8) is 0 Å². The summed E-state index contributed by atoms with van der Waals surface area (Å²) >= 11 is 0. The number of rotatable bonds is 13. The smallest absolute Gasteiger partial charge is 0.305 e. The lowest BCUT2D eigenvalue weighted by Crippen LogP contribution is -2.59. The van der Waals surface area contributed by atoms with E-state index in [2.05, 4.69) is 68.1 Å². The van der Waals surface area contributed by atoms with Gasteiger partial charge in [0.15, 0.2) is 22.4 Å². The van der Waals surface area contributed by atoms with E-state index in [1.807, 2.05) is 6.92 Å². The van der Waals surface area contributed by atoms with Gasteiger partial charge in [0.2, 0.25) is 0 Å². The van der Waals surface area contributed by atoms with Gasteiger partial charge in [-0.1, -0.05) is 60.6 Å². The maximum absolute atomic E-state index is 11.7. The highest BCUT2D eigenvalue weighted by molar-refractivity contribution is 6.74. The molecule has 2 heterocycles. The largest absolute Gasteiger partial charge is 0.481 e. The van der Waals surface area contributed by atoms with Gasteiger partial charge in [-0.25, -0.2) is 0 Å². The maximum atomic E-state index is 11.7. The van der Waals surface area contributed by atoms with Gasteiger partial charge < -0.3 is 28.5 Å². The van der Waals surface area contributed by atoms with Crippen LogP contribution in [0.2, 0.25) is 36.3 Å². The molecule has 0 aromatic heterocycles. The maximum Gasteiger partial charge on any atom is 0.305 e. The van der Waals surface area contributed by atoms with Crippen molar-refractivity contribution in [1.29, 1.82) is 0 Å². The van der Waals surface area contributed by atoms with Crippen LogP contribution in [0.3, 0.4) is 0 Å². The third-order valence-electron chi connectivity index (χ3n) is 9.57. The van der Waals surface area contributed by atoms with Gasteiger partial charge in [0.1, 0.15) is 0 Å². The average Bonchev–Trinajstić information content (AvgIpc) is 2.76. The highest BCUT2D eigenvalue weighted by Gasteiger charge is 2.53. The first kappa shape index (κ1) is 34.6. The topological polar surface area (TPSA) is 94.5 Å². The van der Waals surface area contributed by atoms with Crippen molar-refractivity contribution in [1.82, 2.24) is 0 Å². The lowest BCUT2D eigenvalue weighted by Gasteiger charge is -2.53. The third kappa shape index (κ3) is 9.48. The molecule has 1 spiro atoms. The molecule has 0 radical (unpaired) electrons. The minimum absolute atomic E-state index is 0.0198. The van der Waals surface area contributed by atoms with Crippen LogP contribution in [0.5, 0.6) is 0 Å². The van der Waals surface area contributed by atoms with Crippen molar-refractivity contribution >= 4 is 22.6 Å². The zero-order valence-electron chi connectivity index (χ0n) is 26.5. The van der Waals surface area contributed by atoms with Crippen molar-refractivity contribution < 1.29 is 33.3 Å². The number of aliphatic hydroxyl groups is 1. The van der Waals surface area contributed by atoms with Gasteiger partial charge in [0.05, 0.1) is 30.3 Å². The van der Waals surface area contributed by atoms with Gasteiger partial charge in [0.25, 0.3) is 0 Å². The van der Waals surface area contributed by atoms with E-state index in [0.29, 0.717) is 32.3 Å². The zero-order valence-corrected chi connectivity index (χ0v) is 28.5. The second-order valence-electron chi connectivity index (χ2n) is 14.1. The fourth-order valence-electron chi connectivity index (χ4n) is 5.93. The molecular weight excluding hydrogens is 528 g/mol. The van der Waals surface area contributed by atoms with Gasteiger partial charge in [-0.3, -0.25) is 4.79 Å². The van der Waals surface area contributed by atoms with Crippen LogP contribution in [0, 0.1) is 5.92 Å². The van der Waals surface area contributed by atoms with Gasteiger partial charge in [0, 0.05) is 25.9 Å². The predicted octanol–water partition coefficient (Wildman–Crippen LogP) is 7.26. The van der Waals surface area contributed by atoms with Gasteiger partial charge in [-0.15, -0.1) is 0 Å². The van der Waals surface area contributed by atoms with Crippen LogP contribution < -0.4 is 0 Å². The lowest BCUT2D eigenvalue weighted by molar-refractivity contribution is -0.348. The molecule has 0 amide bonds. The molecule has 0 bridgehead atoms. The van der Waals surface area contributed by atoms with Gasteiger partial charge in [-0.05, 0) is 61.9 Å². The van der Waals surface area contributed by atoms with Crippen molar-refractivity contribution in [2.45, 2.75) is 160 Å². The molecule has 0 aliphatic carbocycles. The first-order valence-electron chi connectivity index (χ1n) is 15.1. The Morgan fingerprint density at radius 3 is 2.15 bits per heavy atom. The predicted molar refractivity (Wildman–Crippen MR) is 162 cm³/mol. The molecule has 7 nitrogen and oxygen atoms in total. The molecule has 2 aliphatic heterocycles. The Balaban J connectivity index is 2.21. The summed E-state index contributed by atoms with van der Waals surface area (Å²) in [7, 11) is -3.80. The molecule has 39 heavy (non-hydrogen) atoms. The van der Waals surface area contributed by atoms with E-state index >= 15 is 0 Å². The molecule has 6 atom stereocenters. The van der Waals surface area contributed by atoms with Gasteiger partial charge in [-0.2, -0.15) is 0 Å². The number of carbonyl (C=O) groups is 1. The molecule has 2 rings (SSSR count). The fourth-order valence-corrected chi connectivity index (χ4v) is 10.0. The van der Waals surface area contributed by atoms with E-state index in [4.69, 9.17) is 18.3 Å². The minimum atomic E-state index is -2.12. The highest BCUT2D eigenvalue weighted by atomic mass is 28.4. The molecule has 0 unspecified atom stereocenters. The quantitative estimate of drug-likeness (QED) is 0.173. The van der Waals surface area contributed by atoms with Crippen LogP contribution in [0.25, 0.3) is 0 Å². The summed E-state index contributed by atoms with van der Waals surface area (Å²) in [6.45, 7) is 26.8. The van der Waals surface area contributed by atoms with E-state index < -0.39 is 40.1 Å². The van der Waals surface area contributed by atoms with Crippen molar-refractivity contribution in [2.75, 3.05) is 6.61 Å². The SMILES string of the molecule is C=C(C[C@H]1C[C@](C)(O)C[C@@]2(C[C@@H](O[Si](C)(C)C(C)(C)C)C[C@H](CC(=O)O)O2)O1)[C@@H](C)CO[Si](CC)(CC)CC. The Morgan fingerprint density at radius 1 is 1.08 bits per heavy atom. The number of aliphatic carboxylic acids is 1. The molecule has 9 heteroatoms. The highest BCUT2D eigenvalue weighted by Crippen LogP contribution is 2.47. The molecule has 2 fully saturated rings. The normalized spacial score (nSPS) is 31.3. The van der Waals surface area contributed by atoms with Crippen molar-refractivity contribution in [3.05, 3.63) is 12.2 Å². The fraction of sp³-hybridized carbons (Fsp3) is 0.900. The first-order chi connectivity index (χ1) is 17.8. The number of ether oxygens (including phenoxy) is 2. The van der Waals surface area contributed by atoms with E-state index in [-0.39, 0.29) is 36.0 Å². The standard InChI is InChI=1S/C30H58O7Si2/c1-12-39(13-2,14-3)34-20-23(5)22(4)15-25-18-29(9,33)21-30(36-25)19-26(16-24(35-30)17-27(31)32)37-38(10,11)28(6,7)8/h23-26,33H,4,12-21H2,1-3,5-11H3,(H,31,32)/t23-,24+,25-,26-,29-,30+/m0/s1. The Kier molecular flexibility index (Phi) is 11.7. The summed E-state index contributed by atoms with van der Waals surface area (Å²) in [5.41, 5.74) is 0.0376. The Hall–Kier alpha value is -0.556. The number of carboxylic acid groups (broad SMARTS) is 1. The van der Waals surface area contributed by atoms with Crippen LogP contribution in [0.1, 0.15) is 93.9 Å². The molecule has 0 saturated carbocycles. The number of carboxylic acids is 1. The lowest BCUT2D eigenvalue weighted by atomic mass is 9.80. The average molecular weight is 587 g/mol. The van der Waals surface area contributed by atoms with Crippen LogP contribution >= 0.6 is 0 Å². The Morgan fingerprint density at radius 2 is 1.64 bits per heavy atom. The van der Waals surface area contributed by atoms with Crippen LogP contribution in [-0.2, 0) is 23.1 Å². The minimum Gasteiger partial charge on any atom is -0.481 e. The third-order valence-corrected chi connectivity index (χ3v) is 18.8. The first-order valence-corrected chi connectivity index (χ1v) is 20.5. The number of hydrogen-bond acceptors (Lipinski definition) is 6. The Labute approximate surface area is 240 Å². The van der Waals surface area contributed by atoms with E-state index in [9.17, 15) is 15.0 Å². The zero-order chi connectivity index (χ0) is 29.9. The van der Waals surface area contributed by atoms with Crippen LogP contribution in [0.15, 0.2) is 12.2 Å². The molecule has 228 valence electrons. The molecule has 2 saturated heterocycles. The molecule has 2 aliphatic rings. The van der Waals surface area contributed by atoms with E-state index in [1.54, 1.807) is 0 Å². The Bertz CT molecular complexity index is 825. The van der Waals surface area contributed by atoms with Crippen molar-refractivity contribution in [2.24, 2.45) is 5.92 Å². The number of hydrogen-bond donors (Lipinski definition) is 2. The molecule has 0 aromatic rings. The second-order valence-corrected chi connectivity index (χ2v) is 23.7. The molecular formula is C30H58O7Si2. The second kappa shape index (κ2) is 13.2. The monoisotopic (exact) mass is 586 g/mol. The summed E-state index contributed by atoms with van der Waals surface area (Å²) in [4.78, 5) is 11.7. The van der Waals surface area contributed by atoms with Crippen LogP contribution in [0.4, 0.5) is 0 Å². The van der Waals surface area contributed by atoms with Crippen LogP contribution in [-0.4, -0.2) is 69.1 Å².